The number of nitrogens with zero attached hydrogens (tertiary/aromatic N) is 1. The Balaban J connectivity index is 1.93. The molecule has 2 aromatic carbocycles. The highest BCUT2D eigenvalue weighted by molar-refractivity contribution is 7.90. The van der Waals surface area contributed by atoms with Crippen molar-refractivity contribution in [1.82, 2.24) is 9.88 Å². The average molecular weight is 507 g/mol. The number of carbonyl (C=O) groups is 1. The summed E-state index contributed by atoms with van der Waals surface area (Å²) in [7, 11) is -3.36. The van der Waals surface area contributed by atoms with Gasteiger partial charge in [0.25, 0.3) is 11.5 Å². The highest BCUT2D eigenvalue weighted by Crippen LogP contribution is 2.30. The molecule has 186 valence electrons. The third-order valence-corrected chi connectivity index (χ3v) is 6.56. The topological polar surface area (TPSA) is 85.2 Å². The fraction of sp³-hybridized carbons (Fsp3) is 0.280. The minimum Gasteiger partial charge on any atom is -0.348 e. The number of rotatable bonds is 8. The van der Waals surface area contributed by atoms with Crippen LogP contribution >= 0.6 is 0 Å². The summed E-state index contributed by atoms with van der Waals surface area (Å²) >= 11 is 0. The first-order chi connectivity index (χ1) is 16.4. The Kier molecular flexibility index (Phi) is 7.84. The van der Waals surface area contributed by atoms with Gasteiger partial charge in [-0.05, 0) is 60.9 Å². The number of hydrogen-bond acceptors (Lipinski definition) is 4. The molecule has 6 nitrogen and oxygen atoms in total. The van der Waals surface area contributed by atoms with E-state index >= 15 is 0 Å². The number of carbonyl (C=O) groups excluding carboxylic acids is 1. The predicted octanol–water partition coefficient (Wildman–Crippen LogP) is 4.53. The van der Waals surface area contributed by atoms with Crippen molar-refractivity contribution in [2.45, 2.75) is 43.8 Å². The Morgan fingerprint density at radius 2 is 1.71 bits per heavy atom. The van der Waals surface area contributed by atoms with Crippen molar-refractivity contribution in [2.24, 2.45) is 0 Å². The number of benzene rings is 2. The summed E-state index contributed by atoms with van der Waals surface area (Å²) in [6.07, 6.45) is -1.50. The standard InChI is InChI=1S/C25H25F3N2O4S/c1-3-4-7-19-11-14-22(23(31)29-16-17-9-12-21(13-10-17)35(2,33)34)24(32)30(19)20-8-5-6-18(15-20)25(26,27)28/h5-6,8-15H,3-4,7,16H2,1-2H3,(H,29,31). The minimum atomic E-state index is -4.58. The van der Waals surface area contributed by atoms with Crippen LogP contribution in [0.2, 0.25) is 0 Å². The van der Waals surface area contributed by atoms with Crippen molar-refractivity contribution >= 4 is 15.7 Å². The molecule has 1 N–H and O–H groups in total. The van der Waals surface area contributed by atoms with Gasteiger partial charge in [-0.25, -0.2) is 8.42 Å². The van der Waals surface area contributed by atoms with Gasteiger partial charge in [0.05, 0.1) is 10.5 Å². The zero-order chi connectivity index (χ0) is 25.8. The van der Waals surface area contributed by atoms with E-state index in [1.54, 1.807) is 18.2 Å². The molecule has 35 heavy (non-hydrogen) atoms. The molecule has 0 saturated heterocycles. The van der Waals surface area contributed by atoms with E-state index in [2.05, 4.69) is 5.32 Å². The Bertz CT molecular complexity index is 1380. The summed E-state index contributed by atoms with van der Waals surface area (Å²) < 4.78 is 64.1. The summed E-state index contributed by atoms with van der Waals surface area (Å²) in [6.45, 7) is 1.99. The Labute approximate surface area is 201 Å². The summed E-state index contributed by atoms with van der Waals surface area (Å²) in [5.74, 6) is -0.690. The molecule has 0 unspecified atom stereocenters. The van der Waals surface area contributed by atoms with Crippen LogP contribution in [-0.2, 0) is 29.0 Å². The first kappa shape index (κ1) is 26.2. The summed E-state index contributed by atoms with van der Waals surface area (Å²) in [5, 5.41) is 2.61. The molecule has 1 amide bonds. The number of aryl methyl sites for hydroxylation is 1. The molecule has 0 radical (unpaired) electrons. The summed E-state index contributed by atoms with van der Waals surface area (Å²) in [4.78, 5) is 26.2. The molecule has 1 aromatic heterocycles. The SMILES string of the molecule is CCCCc1ccc(C(=O)NCc2ccc(S(C)(=O)=O)cc2)c(=O)n1-c1cccc(C(F)(F)F)c1. The minimum absolute atomic E-state index is 0.0296. The van der Waals surface area contributed by atoms with Gasteiger partial charge >= 0.3 is 6.18 Å². The first-order valence-electron chi connectivity index (χ1n) is 10.9. The second-order valence-electron chi connectivity index (χ2n) is 8.13. The van der Waals surface area contributed by atoms with Crippen LogP contribution in [0.15, 0.2) is 70.4 Å². The molecule has 3 aromatic rings. The van der Waals surface area contributed by atoms with Gasteiger partial charge in [-0.1, -0.05) is 31.5 Å². The number of nitrogens with one attached hydrogen (secondary N) is 1. The number of sulfone groups is 1. The first-order valence-corrected chi connectivity index (χ1v) is 12.8. The van der Waals surface area contributed by atoms with Crippen molar-refractivity contribution in [3.63, 3.8) is 0 Å². The second-order valence-corrected chi connectivity index (χ2v) is 10.1. The fourth-order valence-corrected chi connectivity index (χ4v) is 4.17. The highest BCUT2D eigenvalue weighted by Gasteiger charge is 2.31. The molecule has 0 spiro atoms. The molecule has 0 saturated carbocycles. The summed E-state index contributed by atoms with van der Waals surface area (Å²) in [6, 6.07) is 13.3. The third-order valence-electron chi connectivity index (χ3n) is 5.43. The van der Waals surface area contributed by atoms with Crippen LogP contribution in [0.25, 0.3) is 5.69 Å². The lowest BCUT2D eigenvalue weighted by atomic mass is 10.1. The van der Waals surface area contributed by atoms with E-state index in [-0.39, 0.29) is 22.7 Å². The second kappa shape index (κ2) is 10.5. The molecule has 0 aliphatic carbocycles. The van der Waals surface area contributed by atoms with Crippen molar-refractivity contribution in [2.75, 3.05) is 6.26 Å². The molecule has 0 bridgehead atoms. The Hall–Kier alpha value is -3.40. The predicted molar refractivity (Wildman–Crippen MR) is 126 cm³/mol. The number of pyridine rings is 1. The lowest BCUT2D eigenvalue weighted by molar-refractivity contribution is -0.137. The van der Waals surface area contributed by atoms with Gasteiger partial charge in [-0.15, -0.1) is 0 Å². The van der Waals surface area contributed by atoms with E-state index in [1.807, 2.05) is 6.92 Å². The van der Waals surface area contributed by atoms with Crippen LogP contribution in [0.1, 0.15) is 46.9 Å². The van der Waals surface area contributed by atoms with Crippen LogP contribution in [-0.4, -0.2) is 25.1 Å². The van der Waals surface area contributed by atoms with Crippen LogP contribution in [0.3, 0.4) is 0 Å². The van der Waals surface area contributed by atoms with E-state index in [9.17, 15) is 31.2 Å². The maximum absolute atomic E-state index is 13.3. The van der Waals surface area contributed by atoms with Gasteiger partial charge in [-0.3, -0.25) is 14.2 Å². The van der Waals surface area contributed by atoms with E-state index in [4.69, 9.17) is 0 Å². The van der Waals surface area contributed by atoms with Crippen LogP contribution < -0.4 is 10.9 Å². The van der Waals surface area contributed by atoms with E-state index in [0.717, 1.165) is 29.4 Å². The fourth-order valence-electron chi connectivity index (χ4n) is 3.54. The smallest absolute Gasteiger partial charge is 0.348 e. The van der Waals surface area contributed by atoms with Crippen molar-refractivity contribution in [3.05, 3.63) is 93.4 Å². The lowest BCUT2D eigenvalue weighted by Crippen LogP contribution is -2.33. The average Bonchev–Trinajstić information content (AvgIpc) is 2.80. The van der Waals surface area contributed by atoms with Gasteiger partial charge in [-0.2, -0.15) is 13.2 Å². The van der Waals surface area contributed by atoms with Crippen LogP contribution in [0.4, 0.5) is 13.2 Å². The van der Waals surface area contributed by atoms with E-state index in [0.29, 0.717) is 24.1 Å². The van der Waals surface area contributed by atoms with Crippen LogP contribution in [0, 0.1) is 0 Å². The van der Waals surface area contributed by atoms with Crippen molar-refractivity contribution in [3.8, 4) is 5.69 Å². The van der Waals surface area contributed by atoms with E-state index in [1.165, 1.54) is 30.3 Å². The molecule has 10 heteroatoms. The van der Waals surface area contributed by atoms with Gasteiger partial charge in [0.2, 0.25) is 0 Å². The number of halogens is 3. The van der Waals surface area contributed by atoms with Gasteiger partial charge < -0.3 is 5.32 Å². The maximum Gasteiger partial charge on any atom is 0.416 e. The molecule has 0 aliphatic rings. The number of amides is 1. The molecule has 0 aliphatic heterocycles. The van der Waals surface area contributed by atoms with Crippen LogP contribution in [0.5, 0.6) is 0 Å². The Morgan fingerprint density at radius 1 is 1.03 bits per heavy atom. The number of hydrogen-bond donors (Lipinski definition) is 1. The number of aromatic nitrogens is 1. The number of alkyl halides is 3. The normalized spacial score (nSPS) is 11.9. The maximum atomic E-state index is 13.3. The number of unbranched alkanes of at least 4 members (excludes halogenated alkanes) is 1. The molecule has 3 rings (SSSR count). The monoisotopic (exact) mass is 506 g/mol. The lowest BCUT2D eigenvalue weighted by Gasteiger charge is -2.16. The van der Waals surface area contributed by atoms with Crippen molar-refractivity contribution in [1.29, 1.82) is 0 Å². The van der Waals surface area contributed by atoms with Crippen molar-refractivity contribution < 1.29 is 26.4 Å². The molecule has 1 heterocycles. The third kappa shape index (κ3) is 6.39. The van der Waals surface area contributed by atoms with Gasteiger partial charge in [0.15, 0.2) is 9.84 Å². The molecular weight excluding hydrogens is 481 g/mol. The van der Waals surface area contributed by atoms with Gasteiger partial charge in [0.1, 0.15) is 5.56 Å². The summed E-state index contributed by atoms with van der Waals surface area (Å²) in [5.41, 5.74) is -0.677. The van der Waals surface area contributed by atoms with E-state index < -0.39 is 33.0 Å². The molecule has 0 fully saturated rings. The molecular formula is C25H25F3N2O4S. The highest BCUT2D eigenvalue weighted by atomic mass is 32.2. The zero-order valence-corrected chi connectivity index (χ0v) is 20.0. The Morgan fingerprint density at radius 3 is 2.31 bits per heavy atom. The largest absolute Gasteiger partial charge is 0.416 e. The molecule has 0 atom stereocenters. The quantitative estimate of drug-likeness (QED) is 0.487. The van der Waals surface area contributed by atoms with Gasteiger partial charge in [0, 0.05) is 24.2 Å². The zero-order valence-electron chi connectivity index (χ0n) is 19.2.